The third-order valence-electron chi connectivity index (χ3n) is 5.19. The molecule has 0 saturated carbocycles. The van der Waals surface area contributed by atoms with Crippen LogP contribution in [0.15, 0.2) is 23.0 Å². The summed E-state index contributed by atoms with van der Waals surface area (Å²) in [5.74, 6) is -1.67. The van der Waals surface area contributed by atoms with Crippen LogP contribution in [0.25, 0.3) is 11.0 Å². The molecule has 1 aromatic carbocycles. The predicted molar refractivity (Wildman–Crippen MR) is 117 cm³/mol. The molecular formula is C23H25N3O6. The standard InChI is InChI=1S/C23H25N3O6/c1-6-26-17-9-8-15(10-16(17)24-14(5)21(26)28)22(29)32-11-18(27)19-12(3)20(25-13(19)4)23(30)31-7-2/h8-10,25H,6-7,11H2,1-5H3. The van der Waals surface area contributed by atoms with Crippen molar-refractivity contribution in [1.29, 1.82) is 0 Å². The third kappa shape index (κ3) is 4.18. The molecule has 0 amide bonds. The molecule has 9 heteroatoms. The molecule has 0 unspecified atom stereocenters. The number of rotatable bonds is 7. The summed E-state index contributed by atoms with van der Waals surface area (Å²) in [6.07, 6.45) is 0. The maximum absolute atomic E-state index is 12.7. The fraction of sp³-hybridized carbons (Fsp3) is 0.348. The summed E-state index contributed by atoms with van der Waals surface area (Å²) < 4.78 is 11.8. The summed E-state index contributed by atoms with van der Waals surface area (Å²) in [4.78, 5) is 56.6. The number of nitrogens with zero attached hydrogens (tertiary/aromatic N) is 2. The molecule has 32 heavy (non-hydrogen) atoms. The number of nitrogens with one attached hydrogen (secondary N) is 1. The van der Waals surface area contributed by atoms with E-state index in [1.165, 1.54) is 12.1 Å². The highest BCUT2D eigenvalue weighted by atomic mass is 16.5. The third-order valence-corrected chi connectivity index (χ3v) is 5.19. The highest BCUT2D eigenvalue weighted by Crippen LogP contribution is 2.20. The summed E-state index contributed by atoms with van der Waals surface area (Å²) in [6.45, 7) is 8.66. The second-order valence-electron chi connectivity index (χ2n) is 7.29. The first kappa shape index (κ1) is 22.9. The number of esters is 2. The number of ketones is 1. The Morgan fingerprint density at radius 3 is 2.44 bits per heavy atom. The normalized spacial score (nSPS) is 10.9. The van der Waals surface area contributed by atoms with Crippen LogP contribution < -0.4 is 5.56 Å². The number of aromatic nitrogens is 3. The van der Waals surface area contributed by atoms with Crippen molar-refractivity contribution >= 4 is 28.8 Å². The molecule has 0 spiro atoms. The van der Waals surface area contributed by atoms with Crippen LogP contribution in [0.1, 0.15) is 62.0 Å². The number of aryl methyl sites for hydroxylation is 3. The molecule has 3 rings (SSSR count). The fourth-order valence-corrected chi connectivity index (χ4v) is 3.68. The Morgan fingerprint density at radius 2 is 1.78 bits per heavy atom. The van der Waals surface area contributed by atoms with Crippen LogP contribution in [-0.4, -0.2) is 45.5 Å². The number of hydrogen-bond acceptors (Lipinski definition) is 7. The molecule has 1 N–H and O–H groups in total. The van der Waals surface area contributed by atoms with Gasteiger partial charge in [0.15, 0.2) is 6.61 Å². The summed E-state index contributed by atoms with van der Waals surface area (Å²) in [7, 11) is 0. The Bertz CT molecular complexity index is 1290. The van der Waals surface area contributed by atoms with Gasteiger partial charge < -0.3 is 19.0 Å². The Balaban J connectivity index is 1.79. The minimum absolute atomic E-state index is 0.180. The zero-order valence-corrected chi connectivity index (χ0v) is 18.7. The zero-order valence-electron chi connectivity index (χ0n) is 18.7. The van der Waals surface area contributed by atoms with Crippen molar-refractivity contribution in [2.45, 2.75) is 41.2 Å². The number of aromatic amines is 1. The van der Waals surface area contributed by atoms with Crippen molar-refractivity contribution in [3.8, 4) is 0 Å². The lowest BCUT2D eigenvalue weighted by molar-refractivity contribution is 0.0473. The second kappa shape index (κ2) is 9.17. The van der Waals surface area contributed by atoms with Crippen LogP contribution in [0.4, 0.5) is 0 Å². The lowest BCUT2D eigenvalue weighted by Crippen LogP contribution is -2.23. The van der Waals surface area contributed by atoms with E-state index in [2.05, 4.69) is 9.97 Å². The lowest BCUT2D eigenvalue weighted by Gasteiger charge is -2.10. The number of H-pyrrole nitrogens is 1. The van der Waals surface area contributed by atoms with Gasteiger partial charge in [-0.2, -0.15) is 0 Å². The first-order valence-electron chi connectivity index (χ1n) is 10.3. The Kier molecular flexibility index (Phi) is 6.57. The summed E-state index contributed by atoms with van der Waals surface area (Å²) >= 11 is 0. The van der Waals surface area contributed by atoms with Gasteiger partial charge in [-0.15, -0.1) is 0 Å². The van der Waals surface area contributed by atoms with Gasteiger partial charge in [-0.3, -0.25) is 9.59 Å². The number of ether oxygens (including phenoxy) is 2. The maximum Gasteiger partial charge on any atom is 0.355 e. The molecule has 0 aliphatic heterocycles. The molecule has 9 nitrogen and oxygen atoms in total. The SMILES string of the molecule is CCOC(=O)c1[nH]c(C)c(C(=O)COC(=O)c2ccc3c(c2)nc(C)c(=O)n3CC)c1C. The monoisotopic (exact) mass is 439 g/mol. The number of fused-ring (bicyclic) bond motifs is 1. The van der Waals surface area contributed by atoms with Crippen molar-refractivity contribution in [2.75, 3.05) is 13.2 Å². The number of hydrogen-bond donors (Lipinski definition) is 1. The Morgan fingerprint density at radius 1 is 1.06 bits per heavy atom. The van der Waals surface area contributed by atoms with Crippen molar-refractivity contribution in [3.63, 3.8) is 0 Å². The van der Waals surface area contributed by atoms with Crippen LogP contribution in [0.2, 0.25) is 0 Å². The van der Waals surface area contributed by atoms with Gasteiger partial charge in [0, 0.05) is 17.8 Å². The molecule has 0 aliphatic rings. The van der Waals surface area contributed by atoms with E-state index < -0.39 is 24.3 Å². The highest BCUT2D eigenvalue weighted by Gasteiger charge is 2.24. The van der Waals surface area contributed by atoms with E-state index in [-0.39, 0.29) is 23.4 Å². The van der Waals surface area contributed by atoms with E-state index in [9.17, 15) is 19.2 Å². The lowest BCUT2D eigenvalue weighted by atomic mass is 10.1. The molecule has 0 bridgehead atoms. The predicted octanol–water partition coefficient (Wildman–Crippen LogP) is 2.89. The van der Waals surface area contributed by atoms with E-state index in [1.54, 1.807) is 38.3 Å². The van der Waals surface area contributed by atoms with Crippen LogP contribution in [-0.2, 0) is 16.0 Å². The molecule has 0 atom stereocenters. The molecule has 0 fully saturated rings. The van der Waals surface area contributed by atoms with E-state index in [1.807, 2.05) is 6.92 Å². The molecule has 168 valence electrons. The smallest absolute Gasteiger partial charge is 0.355 e. The van der Waals surface area contributed by atoms with Crippen LogP contribution in [0, 0.1) is 20.8 Å². The number of benzene rings is 1. The van der Waals surface area contributed by atoms with Crippen molar-refractivity contribution in [2.24, 2.45) is 0 Å². The minimum Gasteiger partial charge on any atom is -0.461 e. The molecule has 2 aromatic heterocycles. The van der Waals surface area contributed by atoms with Gasteiger partial charge in [0.25, 0.3) is 5.56 Å². The first-order chi connectivity index (χ1) is 15.2. The van der Waals surface area contributed by atoms with E-state index in [0.29, 0.717) is 40.1 Å². The summed E-state index contributed by atoms with van der Waals surface area (Å²) in [6, 6.07) is 4.70. The molecule has 2 heterocycles. The van der Waals surface area contributed by atoms with Crippen molar-refractivity contribution in [1.82, 2.24) is 14.5 Å². The van der Waals surface area contributed by atoms with Gasteiger partial charge in [-0.1, -0.05) is 0 Å². The van der Waals surface area contributed by atoms with E-state index >= 15 is 0 Å². The van der Waals surface area contributed by atoms with Crippen LogP contribution in [0.5, 0.6) is 0 Å². The molecule has 3 aromatic rings. The number of carbonyl (C=O) groups excluding carboxylic acids is 3. The van der Waals surface area contributed by atoms with Gasteiger partial charge in [0.1, 0.15) is 11.4 Å². The van der Waals surface area contributed by atoms with E-state index in [0.717, 1.165) is 0 Å². The molecule has 0 saturated heterocycles. The largest absolute Gasteiger partial charge is 0.461 e. The summed E-state index contributed by atoms with van der Waals surface area (Å²) in [5.41, 5.74) is 2.91. The second-order valence-corrected chi connectivity index (χ2v) is 7.29. The quantitative estimate of drug-likeness (QED) is 0.444. The number of carbonyl (C=O) groups is 3. The molecular weight excluding hydrogens is 414 g/mol. The number of Topliss-reactive ketones (excluding diaryl/α,β-unsaturated/α-hetero) is 1. The zero-order chi connectivity index (χ0) is 23.6. The van der Waals surface area contributed by atoms with Crippen LogP contribution >= 0.6 is 0 Å². The van der Waals surface area contributed by atoms with Crippen molar-refractivity contribution < 1.29 is 23.9 Å². The summed E-state index contributed by atoms with van der Waals surface area (Å²) in [5, 5.41) is 0. The van der Waals surface area contributed by atoms with Crippen molar-refractivity contribution in [3.05, 3.63) is 62.3 Å². The first-order valence-corrected chi connectivity index (χ1v) is 10.3. The van der Waals surface area contributed by atoms with Gasteiger partial charge in [0.2, 0.25) is 5.78 Å². The van der Waals surface area contributed by atoms with Crippen LogP contribution in [0.3, 0.4) is 0 Å². The minimum atomic E-state index is -0.689. The molecule has 0 aliphatic carbocycles. The topological polar surface area (TPSA) is 120 Å². The average Bonchev–Trinajstić information content (AvgIpc) is 3.06. The van der Waals surface area contributed by atoms with Gasteiger partial charge in [0.05, 0.1) is 23.2 Å². The maximum atomic E-state index is 12.7. The van der Waals surface area contributed by atoms with Gasteiger partial charge in [-0.05, 0) is 58.4 Å². The fourth-order valence-electron chi connectivity index (χ4n) is 3.68. The average molecular weight is 439 g/mol. The Hall–Kier alpha value is -3.75. The van der Waals surface area contributed by atoms with Gasteiger partial charge in [-0.25, -0.2) is 14.6 Å². The van der Waals surface area contributed by atoms with Gasteiger partial charge >= 0.3 is 11.9 Å². The highest BCUT2D eigenvalue weighted by molar-refractivity contribution is 6.04. The molecule has 0 radical (unpaired) electrons. The van der Waals surface area contributed by atoms with E-state index in [4.69, 9.17) is 9.47 Å². The Labute approximate surface area is 184 Å².